The number of hydrogen-bond acceptors (Lipinski definition) is 3. The highest BCUT2D eigenvalue weighted by Crippen LogP contribution is 2.44. The van der Waals surface area contributed by atoms with E-state index in [1.807, 2.05) is 0 Å². The summed E-state index contributed by atoms with van der Waals surface area (Å²) in [4.78, 5) is 13.5. The van der Waals surface area contributed by atoms with Crippen molar-refractivity contribution in [3.8, 4) is 0 Å². The van der Waals surface area contributed by atoms with Crippen molar-refractivity contribution in [3.05, 3.63) is 0 Å². The van der Waals surface area contributed by atoms with E-state index >= 15 is 0 Å². The summed E-state index contributed by atoms with van der Waals surface area (Å²) >= 11 is 17.4. The molecule has 0 aromatic heterocycles. The predicted octanol–water partition coefficient (Wildman–Crippen LogP) is 3.51. The predicted molar refractivity (Wildman–Crippen MR) is 76.9 cm³/mol. The molecule has 1 amide bonds. The Morgan fingerprint density at radius 1 is 1.21 bits per heavy atom. The van der Waals surface area contributed by atoms with Gasteiger partial charge in [0.05, 0.1) is 0 Å². The van der Waals surface area contributed by atoms with Crippen LogP contribution in [0.2, 0.25) is 0 Å². The third-order valence-corrected chi connectivity index (χ3v) is 4.05. The molecular formula is C12H20Cl3NO3. The van der Waals surface area contributed by atoms with Gasteiger partial charge in [0, 0.05) is 13.1 Å². The topological polar surface area (TPSA) is 49.8 Å². The zero-order chi connectivity index (χ0) is 14.9. The third kappa shape index (κ3) is 4.85. The number of halogens is 3. The van der Waals surface area contributed by atoms with Gasteiger partial charge in [0.25, 0.3) is 0 Å². The molecule has 1 saturated heterocycles. The second-order valence-corrected chi connectivity index (χ2v) is 8.13. The Labute approximate surface area is 128 Å². The van der Waals surface area contributed by atoms with Gasteiger partial charge < -0.3 is 14.7 Å². The molecule has 112 valence electrons. The Hall–Kier alpha value is 0.1000. The average molecular weight is 333 g/mol. The van der Waals surface area contributed by atoms with E-state index in [2.05, 4.69) is 0 Å². The first-order chi connectivity index (χ1) is 8.45. The summed E-state index contributed by atoms with van der Waals surface area (Å²) in [6.07, 6.45) is 0.705. The van der Waals surface area contributed by atoms with E-state index in [4.69, 9.17) is 39.5 Å². The molecule has 0 bridgehead atoms. The molecule has 19 heavy (non-hydrogen) atoms. The lowest BCUT2D eigenvalue weighted by Crippen LogP contribution is -2.44. The molecule has 0 aliphatic carbocycles. The molecule has 0 radical (unpaired) electrons. The first-order valence-corrected chi connectivity index (χ1v) is 7.35. The van der Waals surface area contributed by atoms with E-state index in [1.165, 1.54) is 0 Å². The second kappa shape index (κ2) is 5.84. The molecule has 0 spiro atoms. The first kappa shape index (κ1) is 17.2. The van der Waals surface area contributed by atoms with E-state index in [1.54, 1.807) is 25.7 Å². The highest BCUT2D eigenvalue weighted by atomic mass is 35.6. The molecule has 0 aromatic rings. The number of carbonyl (C=O) groups excluding carboxylic acids is 1. The number of ether oxygens (including phenoxy) is 1. The van der Waals surface area contributed by atoms with Gasteiger partial charge >= 0.3 is 6.09 Å². The van der Waals surface area contributed by atoms with Gasteiger partial charge in [-0.2, -0.15) is 0 Å². The maximum absolute atomic E-state index is 12.0. The Balaban J connectivity index is 2.67. The molecule has 7 heteroatoms. The molecule has 0 aromatic carbocycles. The molecule has 1 N–H and O–H groups in total. The zero-order valence-corrected chi connectivity index (χ0v) is 13.6. The SMILES string of the molecule is CC(C)(C)OC(=O)N1CCCC(O)(C(Cl)(Cl)Cl)CC1. The van der Waals surface area contributed by atoms with Crippen molar-refractivity contribution >= 4 is 40.9 Å². The van der Waals surface area contributed by atoms with Crippen LogP contribution in [0.4, 0.5) is 4.79 Å². The number of alkyl halides is 3. The van der Waals surface area contributed by atoms with E-state index in [-0.39, 0.29) is 6.42 Å². The van der Waals surface area contributed by atoms with E-state index in [0.717, 1.165) is 0 Å². The molecule has 4 nitrogen and oxygen atoms in total. The van der Waals surface area contributed by atoms with Crippen LogP contribution in [0.3, 0.4) is 0 Å². The zero-order valence-electron chi connectivity index (χ0n) is 11.4. The Kier molecular flexibility index (Phi) is 5.27. The smallest absolute Gasteiger partial charge is 0.410 e. The highest BCUT2D eigenvalue weighted by molar-refractivity contribution is 6.68. The van der Waals surface area contributed by atoms with Crippen molar-refractivity contribution in [2.75, 3.05) is 13.1 Å². The number of likely N-dealkylation sites (tertiary alicyclic amines) is 1. The van der Waals surface area contributed by atoms with Crippen LogP contribution in [-0.4, -0.2) is 44.2 Å². The van der Waals surface area contributed by atoms with E-state index < -0.39 is 21.1 Å². The largest absolute Gasteiger partial charge is 0.444 e. The van der Waals surface area contributed by atoms with Gasteiger partial charge in [-0.25, -0.2) is 4.79 Å². The number of rotatable bonds is 0. The molecule has 1 aliphatic rings. The maximum atomic E-state index is 12.0. The van der Waals surface area contributed by atoms with Gasteiger partial charge in [-0.3, -0.25) is 0 Å². The van der Waals surface area contributed by atoms with Crippen LogP contribution in [0.15, 0.2) is 0 Å². The summed E-state index contributed by atoms with van der Waals surface area (Å²) in [5.74, 6) is 0. The molecular weight excluding hydrogens is 312 g/mol. The lowest BCUT2D eigenvalue weighted by atomic mass is 9.97. The van der Waals surface area contributed by atoms with Crippen LogP contribution in [0.5, 0.6) is 0 Å². The van der Waals surface area contributed by atoms with Crippen molar-refractivity contribution in [3.63, 3.8) is 0 Å². The summed E-state index contributed by atoms with van der Waals surface area (Å²) in [7, 11) is 0. The lowest BCUT2D eigenvalue weighted by molar-refractivity contribution is 0.0168. The molecule has 1 atom stereocenters. The van der Waals surface area contributed by atoms with Crippen LogP contribution in [0, 0.1) is 0 Å². The normalized spacial score (nSPS) is 25.9. The van der Waals surface area contributed by atoms with Crippen molar-refractivity contribution in [1.29, 1.82) is 0 Å². The van der Waals surface area contributed by atoms with Crippen LogP contribution >= 0.6 is 34.8 Å². The minimum absolute atomic E-state index is 0.211. The summed E-state index contributed by atoms with van der Waals surface area (Å²) in [6, 6.07) is 0. The minimum Gasteiger partial charge on any atom is -0.444 e. The molecule has 1 rings (SSSR count). The Morgan fingerprint density at radius 2 is 1.79 bits per heavy atom. The quantitative estimate of drug-likeness (QED) is 0.691. The number of carbonyl (C=O) groups is 1. The van der Waals surface area contributed by atoms with Crippen molar-refractivity contribution in [2.24, 2.45) is 0 Å². The van der Waals surface area contributed by atoms with Crippen molar-refractivity contribution < 1.29 is 14.6 Å². The van der Waals surface area contributed by atoms with Crippen LogP contribution < -0.4 is 0 Å². The van der Waals surface area contributed by atoms with Crippen molar-refractivity contribution in [1.82, 2.24) is 4.90 Å². The number of amides is 1. The highest BCUT2D eigenvalue weighted by Gasteiger charge is 2.47. The molecule has 1 fully saturated rings. The van der Waals surface area contributed by atoms with Gasteiger partial charge in [0.15, 0.2) is 0 Å². The average Bonchev–Trinajstić information content (AvgIpc) is 2.37. The van der Waals surface area contributed by atoms with Gasteiger partial charge in [0.1, 0.15) is 11.2 Å². The van der Waals surface area contributed by atoms with Gasteiger partial charge in [-0.15, -0.1) is 0 Å². The monoisotopic (exact) mass is 331 g/mol. The number of aliphatic hydroxyl groups is 1. The number of nitrogens with zero attached hydrogens (tertiary/aromatic N) is 1. The second-order valence-electron chi connectivity index (χ2n) is 5.85. The fourth-order valence-electron chi connectivity index (χ4n) is 1.91. The standard InChI is InChI=1S/C12H20Cl3NO3/c1-10(2,3)19-9(17)16-7-4-5-11(18,6-8-16)12(13,14)15/h18H,4-8H2,1-3H3. The molecule has 0 saturated carbocycles. The Bertz CT molecular complexity index is 338. The summed E-state index contributed by atoms with van der Waals surface area (Å²) in [5, 5.41) is 10.3. The van der Waals surface area contributed by atoms with Gasteiger partial charge in [-0.1, -0.05) is 34.8 Å². The van der Waals surface area contributed by atoms with E-state index in [0.29, 0.717) is 25.9 Å². The fourth-order valence-corrected chi connectivity index (χ4v) is 2.48. The first-order valence-electron chi connectivity index (χ1n) is 6.22. The van der Waals surface area contributed by atoms with Gasteiger partial charge in [0.2, 0.25) is 3.79 Å². The van der Waals surface area contributed by atoms with Crippen LogP contribution in [0.25, 0.3) is 0 Å². The molecule has 1 unspecified atom stereocenters. The summed E-state index contributed by atoms with van der Waals surface area (Å²) in [5.41, 5.74) is -1.96. The molecule has 1 heterocycles. The minimum atomic E-state index is -1.75. The maximum Gasteiger partial charge on any atom is 0.410 e. The molecule has 1 aliphatic heterocycles. The fraction of sp³-hybridized carbons (Fsp3) is 0.917. The number of hydrogen-bond donors (Lipinski definition) is 1. The Morgan fingerprint density at radius 3 is 2.26 bits per heavy atom. The van der Waals surface area contributed by atoms with Gasteiger partial charge in [-0.05, 0) is 40.0 Å². The third-order valence-electron chi connectivity index (χ3n) is 2.99. The summed E-state index contributed by atoms with van der Waals surface area (Å²) < 4.78 is 3.54. The lowest BCUT2D eigenvalue weighted by Gasteiger charge is -2.33. The van der Waals surface area contributed by atoms with Crippen molar-refractivity contribution in [2.45, 2.75) is 55.0 Å². The van der Waals surface area contributed by atoms with Crippen LogP contribution in [-0.2, 0) is 4.74 Å². The summed E-state index contributed by atoms with van der Waals surface area (Å²) in [6.45, 7) is 6.21. The van der Waals surface area contributed by atoms with E-state index in [9.17, 15) is 9.90 Å². The van der Waals surface area contributed by atoms with Crippen LogP contribution in [0.1, 0.15) is 40.0 Å².